The van der Waals surface area contributed by atoms with Gasteiger partial charge in [0.1, 0.15) is 29.8 Å². The van der Waals surface area contributed by atoms with Gasteiger partial charge in [0.25, 0.3) is 0 Å². The Morgan fingerprint density at radius 3 is 2.53 bits per heavy atom. The van der Waals surface area contributed by atoms with E-state index in [4.69, 9.17) is 30.4 Å². The van der Waals surface area contributed by atoms with Crippen LogP contribution in [0.15, 0.2) is 12.1 Å². The summed E-state index contributed by atoms with van der Waals surface area (Å²) in [7, 11) is -1.56. The Morgan fingerprint density at radius 2 is 1.97 bits per heavy atom. The van der Waals surface area contributed by atoms with Gasteiger partial charge < -0.3 is 40.6 Å². The molecule has 1 heterocycles. The number of aromatic hydroxyl groups is 1. The smallest absolute Gasteiger partial charge is 0.451 e. The van der Waals surface area contributed by atoms with E-state index in [1.54, 1.807) is 6.92 Å². The van der Waals surface area contributed by atoms with Crippen LogP contribution in [0.5, 0.6) is 11.5 Å². The third-order valence-electron chi connectivity index (χ3n) is 4.57. The second kappa shape index (κ2) is 10.1. The van der Waals surface area contributed by atoms with E-state index < -0.39 is 37.0 Å². The molecule has 12 heteroatoms. The van der Waals surface area contributed by atoms with Crippen LogP contribution in [0, 0.1) is 0 Å². The zero-order chi connectivity index (χ0) is 22.5. The largest absolute Gasteiger partial charge is 0.507 e. The number of carboxylic acids is 2. The highest BCUT2D eigenvalue weighted by Gasteiger charge is 2.34. The Kier molecular flexibility index (Phi) is 8.04. The highest BCUT2D eigenvalue weighted by molar-refractivity contribution is 6.41. The molecule has 1 aliphatic heterocycles. The van der Waals surface area contributed by atoms with E-state index in [9.17, 15) is 19.8 Å². The summed E-state index contributed by atoms with van der Waals surface area (Å²) in [5, 5.41) is 46.3. The number of phenols is 1. The molecule has 30 heavy (non-hydrogen) atoms. The number of likely N-dealkylation sites (tertiary alicyclic amines) is 1. The van der Waals surface area contributed by atoms with Crippen LogP contribution in [0.2, 0.25) is 6.32 Å². The van der Waals surface area contributed by atoms with Crippen LogP contribution in [0.4, 0.5) is 0 Å². The number of nitrogens with two attached hydrogens (primary N) is 1. The first-order chi connectivity index (χ1) is 14.0. The molecule has 0 aromatic heterocycles. The van der Waals surface area contributed by atoms with Crippen LogP contribution in [0.3, 0.4) is 0 Å². The SMILES string of the molecule is CC(N)(COCC(=O)O)CN1CC(Oc2ccc(CCB(O)O)c(O)c2C(=O)O)C1. The van der Waals surface area contributed by atoms with Crippen molar-refractivity contribution in [3.63, 3.8) is 0 Å². The minimum atomic E-state index is -1.56. The van der Waals surface area contributed by atoms with Gasteiger partial charge in [-0.05, 0) is 31.3 Å². The van der Waals surface area contributed by atoms with Crippen molar-refractivity contribution in [2.24, 2.45) is 5.73 Å². The summed E-state index contributed by atoms with van der Waals surface area (Å²) in [6.45, 7) is 2.78. The quantitative estimate of drug-likeness (QED) is 0.225. The Hall–Kier alpha value is -2.38. The molecule has 0 bridgehead atoms. The summed E-state index contributed by atoms with van der Waals surface area (Å²) < 4.78 is 10.8. The molecule has 0 radical (unpaired) electrons. The number of aryl methyl sites for hydroxylation is 1. The number of aliphatic carboxylic acids is 1. The molecule has 0 saturated carbocycles. The van der Waals surface area contributed by atoms with Crippen LogP contribution < -0.4 is 10.5 Å². The summed E-state index contributed by atoms with van der Waals surface area (Å²) in [6, 6.07) is 2.93. The fourth-order valence-corrected chi connectivity index (χ4v) is 3.24. The number of ether oxygens (including phenoxy) is 2. The zero-order valence-electron chi connectivity index (χ0n) is 16.7. The van der Waals surface area contributed by atoms with Crippen molar-refractivity contribution < 1.29 is 44.4 Å². The maximum Gasteiger partial charge on any atom is 0.451 e. The first-order valence-corrected chi connectivity index (χ1v) is 9.40. The minimum Gasteiger partial charge on any atom is -0.507 e. The molecule has 166 valence electrons. The lowest BCUT2D eigenvalue weighted by molar-refractivity contribution is -0.142. The van der Waals surface area contributed by atoms with Crippen LogP contribution in [-0.4, -0.2) is 93.8 Å². The van der Waals surface area contributed by atoms with E-state index in [1.807, 2.05) is 4.90 Å². The zero-order valence-corrected chi connectivity index (χ0v) is 16.7. The first kappa shape index (κ1) is 23.9. The minimum absolute atomic E-state index is 0.0262. The molecule has 1 aromatic carbocycles. The molecule has 0 spiro atoms. The maximum atomic E-state index is 11.6. The van der Waals surface area contributed by atoms with Crippen molar-refractivity contribution in [1.29, 1.82) is 0 Å². The summed E-state index contributed by atoms with van der Waals surface area (Å²) in [5.41, 5.74) is 5.26. The average Bonchev–Trinajstić information content (AvgIpc) is 2.57. The van der Waals surface area contributed by atoms with E-state index in [2.05, 4.69) is 0 Å². The molecule has 1 atom stereocenters. The summed E-state index contributed by atoms with van der Waals surface area (Å²) in [6.07, 6.45) is -0.248. The van der Waals surface area contributed by atoms with Crippen LogP contribution in [0.1, 0.15) is 22.8 Å². The van der Waals surface area contributed by atoms with Gasteiger partial charge in [0.15, 0.2) is 0 Å². The van der Waals surface area contributed by atoms with Crippen LogP contribution in [-0.2, 0) is 16.0 Å². The molecular weight excluding hydrogens is 399 g/mol. The summed E-state index contributed by atoms with van der Waals surface area (Å²) in [5.74, 6) is -2.85. The molecule has 1 fully saturated rings. The number of hydrogen-bond donors (Lipinski definition) is 6. The number of benzene rings is 1. The Bertz CT molecular complexity index is 766. The predicted molar refractivity (Wildman–Crippen MR) is 106 cm³/mol. The monoisotopic (exact) mass is 426 g/mol. The van der Waals surface area contributed by atoms with Gasteiger partial charge in [-0.3, -0.25) is 4.90 Å². The average molecular weight is 426 g/mol. The van der Waals surface area contributed by atoms with Crippen molar-refractivity contribution in [3.05, 3.63) is 23.3 Å². The molecule has 0 amide bonds. The summed E-state index contributed by atoms with van der Waals surface area (Å²) >= 11 is 0. The number of carboxylic acid groups (broad SMARTS) is 2. The second-order valence-electron chi connectivity index (χ2n) is 7.75. The highest BCUT2D eigenvalue weighted by atomic mass is 16.5. The predicted octanol–water partition coefficient (Wildman–Crippen LogP) is -1.01. The normalized spacial score (nSPS) is 16.5. The number of hydrogen-bond acceptors (Lipinski definition) is 9. The molecule has 7 N–H and O–H groups in total. The lowest BCUT2D eigenvalue weighted by atomic mass is 9.82. The van der Waals surface area contributed by atoms with E-state index in [-0.39, 0.29) is 42.3 Å². The van der Waals surface area contributed by atoms with Crippen molar-refractivity contribution >= 4 is 19.1 Å². The molecule has 1 unspecified atom stereocenters. The number of rotatable bonds is 12. The molecule has 1 aromatic rings. The fraction of sp³-hybridized carbons (Fsp3) is 0.556. The number of aromatic carboxylic acids is 1. The standard InChI is InChI=1S/C18H27BN2O9/c1-18(20,10-29-8-14(22)23)9-21-6-12(7-21)30-13-3-2-11(4-5-19(27)28)16(24)15(13)17(25)26/h2-3,12,24,27-28H,4-10,20H2,1H3,(H,22,23)(H,25,26). The molecule has 1 aliphatic rings. The lowest BCUT2D eigenvalue weighted by Crippen LogP contribution is -2.61. The van der Waals surface area contributed by atoms with E-state index >= 15 is 0 Å². The third kappa shape index (κ3) is 6.85. The van der Waals surface area contributed by atoms with Gasteiger partial charge in [0.05, 0.1) is 6.61 Å². The third-order valence-corrected chi connectivity index (χ3v) is 4.57. The summed E-state index contributed by atoms with van der Waals surface area (Å²) in [4.78, 5) is 24.1. The number of carbonyl (C=O) groups is 2. The Balaban J connectivity index is 1.93. The number of nitrogens with zero attached hydrogens (tertiary/aromatic N) is 1. The van der Waals surface area contributed by atoms with E-state index in [0.717, 1.165) is 0 Å². The topological polar surface area (TPSA) is 183 Å². The van der Waals surface area contributed by atoms with Crippen LogP contribution >= 0.6 is 0 Å². The molecule has 1 saturated heterocycles. The van der Waals surface area contributed by atoms with Crippen molar-refractivity contribution in [2.75, 3.05) is 32.8 Å². The second-order valence-corrected chi connectivity index (χ2v) is 7.75. The first-order valence-electron chi connectivity index (χ1n) is 9.40. The van der Waals surface area contributed by atoms with Gasteiger partial charge >= 0.3 is 19.1 Å². The molecule has 0 aliphatic carbocycles. The van der Waals surface area contributed by atoms with Gasteiger partial charge in [-0.25, -0.2) is 9.59 Å². The van der Waals surface area contributed by atoms with Gasteiger partial charge in [0.2, 0.25) is 0 Å². The molecular formula is C18H27BN2O9. The van der Waals surface area contributed by atoms with E-state index in [1.165, 1.54) is 12.1 Å². The van der Waals surface area contributed by atoms with Gasteiger partial charge in [-0.2, -0.15) is 0 Å². The van der Waals surface area contributed by atoms with Gasteiger partial charge in [-0.1, -0.05) is 6.07 Å². The van der Waals surface area contributed by atoms with Crippen molar-refractivity contribution in [3.8, 4) is 11.5 Å². The van der Waals surface area contributed by atoms with Crippen molar-refractivity contribution in [1.82, 2.24) is 4.90 Å². The molecule has 11 nitrogen and oxygen atoms in total. The fourth-order valence-electron chi connectivity index (χ4n) is 3.24. The maximum absolute atomic E-state index is 11.6. The molecule has 2 rings (SSSR count). The van der Waals surface area contributed by atoms with Gasteiger partial charge in [-0.15, -0.1) is 0 Å². The van der Waals surface area contributed by atoms with Crippen molar-refractivity contribution in [2.45, 2.75) is 31.3 Å². The Morgan fingerprint density at radius 1 is 1.30 bits per heavy atom. The van der Waals surface area contributed by atoms with E-state index in [0.29, 0.717) is 19.6 Å². The Labute approximate surface area is 173 Å². The lowest BCUT2D eigenvalue weighted by Gasteiger charge is -2.42. The van der Waals surface area contributed by atoms with Gasteiger partial charge in [0, 0.05) is 25.2 Å². The highest BCUT2D eigenvalue weighted by Crippen LogP contribution is 2.34. The van der Waals surface area contributed by atoms with Crippen LogP contribution in [0.25, 0.3) is 0 Å².